The number of methoxy groups -OCH3 is 2. The summed E-state index contributed by atoms with van der Waals surface area (Å²) in [7, 11) is 5.04. The summed E-state index contributed by atoms with van der Waals surface area (Å²) >= 11 is 0. The maximum Gasteiger partial charge on any atom is 0.235 e. The van der Waals surface area contributed by atoms with Crippen LogP contribution in [0.4, 0.5) is 0 Å². The molecule has 0 unspecified atom stereocenters. The van der Waals surface area contributed by atoms with Crippen LogP contribution in [0.2, 0.25) is 0 Å². The van der Waals surface area contributed by atoms with Gasteiger partial charge in [0.2, 0.25) is 5.91 Å². The van der Waals surface area contributed by atoms with Gasteiger partial charge < -0.3 is 14.8 Å². The Labute approximate surface area is 144 Å². The molecule has 0 saturated heterocycles. The molecule has 132 valence electrons. The topological polar surface area (TPSA) is 74.6 Å². The van der Waals surface area contributed by atoms with Crippen molar-refractivity contribution in [2.75, 3.05) is 27.8 Å². The van der Waals surface area contributed by atoms with E-state index >= 15 is 0 Å². The third-order valence-corrected chi connectivity index (χ3v) is 4.10. The first kappa shape index (κ1) is 19.8. The van der Waals surface area contributed by atoms with Gasteiger partial charge in [0.25, 0.3) is 0 Å². The molecule has 0 aliphatic rings. The van der Waals surface area contributed by atoms with Gasteiger partial charge in [-0.1, -0.05) is 19.9 Å². The summed E-state index contributed by atoms with van der Waals surface area (Å²) in [6, 6.07) is 7.84. The standard InChI is InChI=1S/C18H27N3O3/c1-13(2)18(3,12-19)20-17(22)11-21(4)10-14-7-8-15(23-5)16(9-14)24-6/h7-9,13H,10-11H2,1-6H3,(H,20,22)/t18-/m1/s1. The molecule has 0 saturated carbocycles. The highest BCUT2D eigenvalue weighted by Gasteiger charge is 2.30. The van der Waals surface area contributed by atoms with Crippen molar-refractivity contribution in [3.63, 3.8) is 0 Å². The van der Waals surface area contributed by atoms with Crippen molar-refractivity contribution >= 4 is 5.91 Å². The van der Waals surface area contributed by atoms with Crippen molar-refractivity contribution in [3.05, 3.63) is 23.8 Å². The first-order chi connectivity index (χ1) is 11.3. The summed E-state index contributed by atoms with van der Waals surface area (Å²) in [6.45, 7) is 6.36. The Morgan fingerprint density at radius 3 is 2.46 bits per heavy atom. The molecule has 1 atom stereocenters. The molecule has 1 N–H and O–H groups in total. The van der Waals surface area contributed by atoms with Crippen LogP contribution in [0, 0.1) is 17.2 Å². The van der Waals surface area contributed by atoms with Crippen molar-refractivity contribution in [1.82, 2.24) is 10.2 Å². The Bertz CT molecular complexity index is 610. The van der Waals surface area contributed by atoms with E-state index in [2.05, 4.69) is 11.4 Å². The lowest BCUT2D eigenvalue weighted by Crippen LogP contribution is -2.51. The first-order valence-electron chi connectivity index (χ1n) is 7.87. The summed E-state index contributed by atoms with van der Waals surface area (Å²) in [4.78, 5) is 14.1. The van der Waals surface area contributed by atoms with Gasteiger partial charge in [-0.2, -0.15) is 5.26 Å². The van der Waals surface area contributed by atoms with Gasteiger partial charge in [-0.05, 0) is 37.6 Å². The van der Waals surface area contributed by atoms with Gasteiger partial charge in [0.15, 0.2) is 11.5 Å². The molecule has 24 heavy (non-hydrogen) atoms. The van der Waals surface area contributed by atoms with Crippen molar-refractivity contribution in [2.45, 2.75) is 32.9 Å². The minimum absolute atomic E-state index is 0.0302. The van der Waals surface area contributed by atoms with Gasteiger partial charge in [-0.3, -0.25) is 9.69 Å². The number of hydrogen-bond donors (Lipinski definition) is 1. The average Bonchev–Trinajstić information content (AvgIpc) is 2.53. The molecule has 6 heteroatoms. The molecule has 0 aromatic heterocycles. The minimum Gasteiger partial charge on any atom is -0.493 e. The number of ether oxygens (including phenoxy) is 2. The van der Waals surface area contributed by atoms with Crippen LogP contribution in [0.3, 0.4) is 0 Å². The SMILES string of the molecule is COc1ccc(CN(C)CC(=O)N[C@](C)(C#N)C(C)C)cc1OC. The van der Waals surface area contributed by atoms with E-state index in [0.717, 1.165) is 5.56 Å². The molecule has 6 nitrogen and oxygen atoms in total. The molecule has 1 aromatic rings. The van der Waals surface area contributed by atoms with E-state index in [-0.39, 0.29) is 18.4 Å². The van der Waals surface area contributed by atoms with E-state index < -0.39 is 5.54 Å². The number of nitrogens with zero attached hydrogens (tertiary/aromatic N) is 2. The van der Waals surface area contributed by atoms with Crippen molar-refractivity contribution in [1.29, 1.82) is 5.26 Å². The summed E-state index contributed by atoms with van der Waals surface area (Å²) in [5.41, 5.74) is 0.149. The number of carbonyl (C=O) groups is 1. The number of nitrogens with one attached hydrogen (secondary N) is 1. The average molecular weight is 333 g/mol. The van der Waals surface area contributed by atoms with Gasteiger partial charge in [0.1, 0.15) is 5.54 Å². The molecule has 1 rings (SSSR count). The number of hydrogen-bond acceptors (Lipinski definition) is 5. The maximum absolute atomic E-state index is 12.2. The zero-order valence-corrected chi connectivity index (χ0v) is 15.3. The van der Waals surface area contributed by atoms with Crippen LogP contribution in [0.1, 0.15) is 26.3 Å². The predicted octanol–water partition coefficient (Wildman–Crippen LogP) is 2.19. The van der Waals surface area contributed by atoms with E-state index in [0.29, 0.717) is 18.0 Å². The molecule has 0 bridgehead atoms. The van der Waals surface area contributed by atoms with Crippen molar-refractivity contribution < 1.29 is 14.3 Å². The first-order valence-corrected chi connectivity index (χ1v) is 7.87. The second-order valence-electron chi connectivity index (χ2n) is 6.38. The van der Waals surface area contributed by atoms with Gasteiger partial charge in [0, 0.05) is 6.54 Å². The molecular weight excluding hydrogens is 306 g/mol. The van der Waals surface area contributed by atoms with Crippen LogP contribution >= 0.6 is 0 Å². The Morgan fingerprint density at radius 2 is 1.96 bits per heavy atom. The van der Waals surface area contributed by atoms with Crippen LogP contribution in [-0.4, -0.2) is 44.2 Å². The molecule has 0 aliphatic carbocycles. The van der Waals surface area contributed by atoms with Gasteiger partial charge in [-0.15, -0.1) is 0 Å². The summed E-state index contributed by atoms with van der Waals surface area (Å²) in [5, 5.41) is 12.1. The largest absolute Gasteiger partial charge is 0.493 e. The quantitative estimate of drug-likeness (QED) is 0.789. The number of carbonyl (C=O) groups excluding carboxylic acids is 1. The summed E-state index contributed by atoms with van der Waals surface area (Å²) in [5.74, 6) is 1.19. The predicted molar refractivity (Wildman–Crippen MR) is 92.9 cm³/mol. The molecule has 1 amide bonds. The zero-order valence-electron chi connectivity index (χ0n) is 15.3. The normalized spacial score (nSPS) is 13.3. The highest BCUT2D eigenvalue weighted by Crippen LogP contribution is 2.27. The Hall–Kier alpha value is -2.26. The second kappa shape index (κ2) is 8.55. The van der Waals surface area contributed by atoms with Crippen LogP contribution in [0.5, 0.6) is 11.5 Å². The van der Waals surface area contributed by atoms with Gasteiger partial charge in [-0.25, -0.2) is 0 Å². The lowest BCUT2D eigenvalue weighted by molar-refractivity contribution is -0.123. The molecule has 1 aromatic carbocycles. The third-order valence-electron chi connectivity index (χ3n) is 4.10. The fraction of sp³-hybridized carbons (Fsp3) is 0.556. The van der Waals surface area contributed by atoms with Crippen LogP contribution in [-0.2, 0) is 11.3 Å². The second-order valence-corrected chi connectivity index (χ2v) is 6.38. The summed E-state index contributed by atoms with van der Waals surface area (Å²) < 4.78 is 10.5. The van der Waals surface area contributed by atoms with Crippen molar-refractivity contribution in [2.24, 2.45) is 5.92 Å². The number of amides is 1. The smallest absolute Gasteiger partial charge is 0.235 e. The van der Waals surface area contributed by atoms with E-state index in [4.69, 9.17) is 9.47 Å². The number of benzene rings is 1. The third kappa shape index (κ3) is 5.14. The molecule has 0 spiro atoms. The summed E-state index contributed by atoms with van der Waals surface area (Å²) in [6.07, 6.45) is 0. The van der Waals surface area contributed by atoms with E-state index in [1.54, 1.807) is 21.1 Å². The Balaban J connectivity index is 2.68. The van der Waals surface area contributed by atoms with E-state index in [1.165, 1.54) is 0 Å². The van der Waals surface area contributed by atoms with E-state index in [9.17, 15) is 10.1 Å². The Kier molecular flexibility index (Phi) is 7.05. The number of nitriles is 1. The molecule has 0 radical (unpaired) electrons. The highest BCUT2D eigenvalue weighted by molar-refractivity contribution is 5.79. The fourth-order valence-corrected chi connectivity index (χ4v) is 2.22. The molecule has 0 heterocycles. The number of rotatable bonds is 8. The fourth-order valence-electron chi connectivity index (χ4n) is 2.22. The minimum atomic E-state index is -0.860. The van der Waals surface area contributed by atoms with E-state index in [1.807, 2.05) is 44.0 Å². The van der Waals surface area contributed by atoms with Crippen LogP contribution in [0.25, 0.3) is 0 Å². The maximum atomic E-state index is 12.2. The molecular formula is C18H27N3O3. The van der Waals surface area contributed by atoms with Gasteiger partial charge in [0.05, 0.1) is 26.8 Å². The van der Waals surface area contributed by atoms with Crippen LogP contribution in [0.15, 0.2) is 18.2 Å². The molecule has 0 aliphatic heterocycles. The number of likely N-dealkylation sites (N-methyl/N-ethyl adjacent to an activating group) is 1. The highest BCUT2D eigenvalue weighted by atomic mass is 16.5. The van der Waals surface area contributed by atoms with Crippen LogP contribution < -0.4 is 14.8 Å². The Morgan fingerprint density at radius 1 is 1.33 bits per heavy atom. The lowest BCUT2D eigenvalue weighted by atomic mass is 9.90. The zero-order chi connectivity index (χ0) is 18.3. The monoisotopic (exact) mass is 333 g/mol. The lowest BCUT2D eigenvalue weighted by Gasteiger charge is -2.28. The molecule has 0 fully saturated rings. The van der Waals surface area contributed by atoms with Gasteiger partial charge >= 0.3 is 0 Å². The van der Waals surface area contributed by atoms with Crippen molar-refractivity contribution in [3.8, 4) is 17.6 Å².